The van der Waals surface area contributed by atoms with Crippen LogP contribution in [0, 0.1) is 12.8 Å². The van der Waals surface area contributed by atoms with Crippen molar-refractivity contribution < 1.29 is 14.3 Å². The van der Waals surface area contributed by atoms with Crippen LogP contribution in [0.3, 0.4) is 0 Å². The van der Waals surface area contributed by atoms with Gasteiger partial charge in [0.05, 0.1) is 18.2 Å². The first-order valence-electron chi connectivity index (χ1n) is 9.82. The smallest absolute Gasteiger partial charge is 0.229 e. The first kappa shape index (κ1) is 21.1. The van der Waals surface area contributed by atoms with Gasteiger partial charge in [-0.05, 0) is 30.7 Å². The zero-order chi connectivity index (χ0) is 20.6. The van der Waals surface area contributed by atoms with Gasteiger partial charge in [-0.15, -0.1) is 11.8 Å². The number of rotatable bonds is 9. The molecule has 0 saturated heterocycles. The Labute approximate surface area is 176 Å². The molecule has 0 N–H and O–H groups in total. The molecule has 0 saturated carbocycles. The number of ketones is 2. The molecule has 0 amide bonds. The quantitative estimate of drug-likeness (QED) is 0.416. The molecule has 150 valence electrons. The van der Waals surface area contributed by atoms with E-state index in [0.717, 1.165) is 28.3 Å². The summed E-state index contributed by atoms with van der Waals surface area (Å²) in [6.45, 7) is 4.75. The van der Waals surface area contributed by atoms with Crippen LogP contribution >= 0.6 is 11.8 Å². The van der Waals surface area contributed by atoms with E-state index in [9.17, 15) is 9.59 Å². The number of pyridine rings is 1. The van der Waals surface area contributed by atoms with Crippen molar-refractivity contribution >= 4 is 23.3 Å². The maximum Gasteiger partial charge on any atom is 0.229 e. The van der Waals surface area contributed by atoms with Crippen molar-refractivity contribution in [3.05, 3.63) is 82.5 Å². The first-order valence-corrected chi connectivity index (χ1v) is 10.8. The van der Waals surface area contributed by atoms with Gasteiger partial charge in [0.2, 0.25) is 11.6 Å². The molecule has 0 radical (unpaired) electrons. The molecule has 2 aromatic rings. The topological polar surface area (TPSA) is 56.3 Å². The lowest BCUT2D eigenvalue weighted by atomic mass is 9.91. The lowest BCUT2D eigenvalue weighted by molar-refractivity contribution is -0.117. The van der Waals surface area contributed by atoms with Crippen LogP contribution in [0.2, 0.25) is 0 Å². The van der Waals surface area contributed by atoms with E-state index in [4.69, 9.17) is 4.74 Å². The number of hydrogen-bond donors (Lipinski definition) is 0. The Morgan fingerprint density at radius 3 is 2.76 bits per heavy atom. The average molecular weight is 408 g/mol. The highest BCUT2D eigenvalue weighted by Gasteiger charge is 2.29. The molecule has 1 aromatic heterocycles. The lowest BCUT2D eigenvalue weighted by Gasteiger charge is -2.20. The number of carbonyl (C=O) groups excluding carboxylic acids is 2. The van der Waals surface area contributed by atoms with Gasteiger partial charge in [0.1, 0.15) is 5.75 Å². The van der Waals surface area contributed by atoms with Crippen molar-refractivity contribution in [1.82, 2.24) is 4.98 Å². The van der Waals surface area contributed by atoms with Gasteiger partial charge >= 0.3 is 0 Å². The number of carbonyl (C=O) groups is 2. The molecule has 0 aliphatic heterocycles. The molecule has 1 unspecified atom stereocenters. The van der Waals surface area contributed by atoms with Gasteiger partial charge in [-0.25, -0.2) is 0 Å². The maximum absolute atomic E-state index is 12.9. The van der Waals surface area contributed by atoms with E-state index in [1.54, 1.807) is 42.2 Å². The molecular weight excluding hydrogens is 382 g/mol. The van der Waals surface area contributed by atoms with E-state index in [-0.39, 0.29) is 5.78 Å². The maximum atomic E-state index is 12.9. The molecule has 1 aliphatic carbocycles. The van der Waals surface area contributed by atoms with Crippen molar-refractivity contribution in [2.24, 2.45) is 5.92 Å². The van der Waals surface area contributed by atoms with Gasteiger partial charge in [0.15, 0.2) is 0 Å². The average Bonchev–Trinajstić information content (AvgIpc) is 2.77. The van der Waals surface area contributed by atoms with E-state index in [2.05, 4.69) is 11.9 Å². The fraction of sp³-hybridized carbons (Fsp3) is 0.292. The Bertz CT molecular complexity index is 934. The van der Waals surface area contributed by atoms with Crippen LogP contribution < -0.4 is 4.74 Å². The minimum absolute atomic E-state index is 0.357. The predicted octanol–water partition coefficient (Wildman–Crippen LogP) is 5.32. The second kappa shape index (κ2) is 10.2. The van der Waals surface area contributed by atoms with E-state index >= 15 is 0 Å². The van der Waals surface area contributed by atoms with Crippen molar-refractivity contribution in [2.75, 3.05) is 6.61 Å². The Balaban J connectivity index is 1.71. The summed E-state index contributed by atoms with van der Waals surface area (Å²) in [5, 5.41) is 0. The third-order valence-corrected chi connectivity index (χ3v) is 5.96. The van der Waals surface area contributed by atoms with Gasteiger partial charge in [-0.1, -0.05) is 55.5 Å². The molecule has 1 aliphatic rings. The van der Waals surface area contributed by atoms with Crippen LogP contribution in [0.1, 0.15) is 41.4 Å². The largest absolute Gasteiger partial charge is 0.493 e. The van der Waals surface area contributed by atoms with Gasteiger partial charge in [0, 0.05) is 23.1 Å². The third kappa shape index (κ3) is 5.24. The van der Waals surface area contributed by atoms with E-state index in [1.807, 2.05) is 37.3 Å². The first-order chi connectivity index (χ1) is 14.1. The molecular formula is C24H25NO3S. The summed E-state index contributed by atoms with van der Waals surface area (Å²) < 4.78 is 5.78. The second-order valence-corrected chi connectivity index (χ2v) is 7.91. The number of benzene rings is 1. The third-order valence-electron chi connectivity index (χ3n) is 4.78. The highest BCUT2D eigenvalue weighted by atomic mass is 32.2. The highest BCUT2D eigenvalue weighted by molar-refractivity contribution is 8.02. The van der Waals surface area contributed by atoms with Crippen LogP contribution in [0.5, 0.6) is 5.75 Å². The van der Waals surface area contributed by atoms with Crippen LogP contribution in [-0.4, -0.2) is 23.2 Å². The van der Waals surface area contributed by atoms with Crippen molar-refractivity contribution in [3.8, 4) is 5.75 Å². The fourth-order valence-corrected chi connectivity index (χ4v) is 4.28. The summed E-state index contributed by atoms with van der Waals surface area (Å²) in [6, 6.07) is 10.6. The molecule has 1 atom stereocenters. The number of ether oxygens (including phenoxy) is 1. The fourth-order valence-electron chi connectivity index (χ4n) is 3.11. The molecule has 1 aromatic carbocycles. The van der Waals surface area contributed by atoms with Crippen molar-refractivity contribution in [2.45, 2.75) is 32.4 Å². The molecule has 5 heteroatoms. The molecule has 1 heterocycles. The van der Waals surface area contributed by atoms with E-state index in [0.29, 0.717) is 24.3 Å². The SMILES string of the molecule is CCCOc1ccnc(CSC2=CC=CCC2C(=O)C(=O)c2ccccc2)c1C. The zero-order valence-electron chi connectivity index (χ0n) is 16.8. The minimum atomic E-state index is -0.433. The van der Waals surface area contributed by atoms with E-state index < -0.39 is 11.7 Å². The van der Waals surface area contributed by atoms with Gasteiger partial charge in [0.25, 0.3) is 0 Å². The molecule has 0 spiro atoms. The van der Waals surface area contributed by atoms with E-state index in [1.165, 1.54) is 0 Å². The van der Waals surface area contributed by atoms with Crippen LogP contribution in [0.4, 0.5) is 0 Å². The summed E-state index contributed by atoms with van der Waals surface area (Å²) in [4.78, 5) is 30.9. The van der Waals surface area contributed by atoms with Crippen LogP contribution in [-0.2, 0) is 10.5 Å². The summed E-state index contributed by atoms with van der Waals surface area (Å²) in [7, 11) is 0. The normalized spacial score (nSPS) is 15.7. The van der Waals surface area contributed by atoms with Gasteiger partial charge in [-0.2, -0.15) is 0 Å². The summed E-state index contributed by atoms with van der Waals surface area (Å²) in [5.74, 6) is 0.253. The number of hydrogen-bond acceptors (Lipinski definition) is 5. The van der Waals surface area contributed by atoms with Gasteiger partial charge < -0.3 is 4.74 Å². The Morgan fingerprint density at radius 1 is 1.21 bits per heavy atom. The molecule has 0 bridgehead atoms. The second-order valence-electron chi connectivity index (χ2n) is 6.86. The lowest BCUT2D eigenvalue weighted by Crippen LogP contribution is -2.25. The zero-order valence-corrected chi connectivity index (χ0v) is 17.6. The number of allylic oxidation sites excluding steroid dienone is 4. The number of thioether (sulfide) groups is 1. The molecule has 3 rings (SSSR count). The standard InChI is InChI=1S/C24H25NO3S/c1-3-15-28-21-13-14-25-20(17(21)2)16-29-22-12-8-7-11-19(22)24(27)23(26)18-9-5-4-6-10-18/h4-10,12-14,19H,3,11,15-16H2,1-2H3. The Morgan fingerprint density at radius 2 is 2.00 bits per heavy atom. The molecule has 0 fully saturated rings. The van der Waals surface area contributed by atoms with Crippen molar-refractivity contribution in [3.63, 3.8) is 0 Å². The Kier molecular flexibility index (Phi) is 7.42. The monoisotopic (exact) mass is 407 g/mol. The number of nitrogens with zero attached hydrogens (tertiary/aromatic N) is 1. The van der Waals surface area contributed by atoms with Crippen LogP contribution in [0.15, 0.2) is 65.7 Å². The highest BCUT2D eigenvalue weighted by Crippen LogP contribution is 2.35. The summed E-state index contributed by atoms with van der Waals surface area (Å²) >= 11 is 1.56. The molecule has 29 heavy (non-hydrogen) atoms. The minimum Gasteiger partial charge on any atom is -0.493 e. The van der Waals surface area contributed by atoms with Gasteiger partial charge in [-0.3, -0.25) is 14.6 Å². The number of Topliss-reactive ketones (excluding diaryl/α,β-unsaturated/α-hetero) is 2. The summed E-state index contributed by atoms with van der Waals surface area (Å²) in [6.07, 6.45) is 9.06. The van der Waals surface area contributed by atoms with Crippen molar-refractivity contribution in [1.29, 1.82) is 0 Å². The summed E-state index contributed by atoms with van der Waals surface area (Å²) in [5.41, 5.74) is 2.39. The van der Waals surface area contributed by atoms with Crippen LogP contribution in [0.25, 0.3) is 0 Å². The number of aromatic nitrogens is 1. The molecule has 4 nitrogen and oxygen atoms in total. The Hall–Kier alpha value is -2.66. The predicted molar refractivity (Wildman–Crippen MR) is 117 cm³/mol.